The van der Waals surface area contributed by atoms with Crippen LogP contribution in [0.25, 0.3) is 0 Å². The van der Waals surface area contributed by atoms with E-state index in [1.54, 1.807) is 38.1 Å². The summed E-state index contributed by atoms with van der Waals surface area (Å²) in [4.78, 5) is 0.426. The fraction of sp³-hybridized carbons (Fsp3) is 0.400. The monoisotopic (exact) mass is 218 g/mol. The third-order valence-electron chi connectivity index (χ3n) is 1.76. The molecule has 0 heterocycles. The molecule has 1 rings (SSSR count). The van der Waals surface area contributed by atoms with Gasteiger partial charge in [-0.25, -0.2) is 0 Å². The first-order valence-electron chi connectivity index (χ1n) is 4.18. The quantitative estimate of drug-likeness (QED) is 0.786. The van der Waals surface area contributed by atoms with Crippen LogP contribution in [0, 0.1) is 0 Å². The first-order chi connectivity index (χ1) is 6.41. The molecule has 0 saturated carbocycles. The number of aliphatic hydroxyl groups is 1. The molecule has 0 fully saturated rings. The van der Waals surface area contributed by atoms with Crippen LogP contribution in [-0.2, 0) is 5.60 Å². The molecule has 0 unspecified atom stereocenters. The first-order valence-corrected chi connectivity index (χ1v) is 5.06. The van der Waals surface area contributed by atoms with Crippen LogP contribution < -0.4 is 0 Å². The molecular weight excluding hydrogens is 206 g/mol. The molecule has 4 heteroatoms. The smallest absolute Gasteiger partial charge is 0.288 e. The average Bonchev–Trinajstić information content (AvgIpc) is 2.01. The minimum absolute atomic E-state index is 0.426. The van der Waals surface area contributed by atoms with Gasteiger partial charge in [-0.1, -0.05) is 30.0 Å². The van der Waals surface area contributed by atoms with E-state index in [9.17, 15) is 13.9 Å². The van der Waals surface area contributed by atoms with Gasteiger partial charge in [0.1, 0.15) is 0 Å². The molecule has 14 heavy (non-hydrogen) atoms. The predicted octanol–water partition coefficient (Wildman–Crippen LogP) is 3.23. The highest BCUT2D eigenvalue weighted by atomic mass is 32.2. The van der Waals surface area contributed by atoms with Crippen molar-refractivity contribution in [1.29, 1.82) is 0 Å². The zero-order valence-electron chi connectivity index (χ0n) is 8.00. The number of halogens is 2. The van der Waals surface area contributed by atoms with Gasteiger partial charge in [0.25, 0.3) is 5.76 Å². The fourth-order valence-corrected chi connectivity index (χ4v) is 1.96. The molecule has 0 aromatic heterocycles. The maximum Gasteiger partial charge on any atom is 0.288 e. The summed E-state index contributed by atoms with van der Waals surface area (Å²) in [7, 11) is 0. The Kier molecular flexibility index (Phi) is 3.50. The van der Waals surface area contributed by atoms with Gasteiger partial charge in [0, 0.05) is 4.90 Å². The van der Waals surface area contributed by atoms with E-state index < -0.39 is 11.4 Å². The van der Waals surface area contributed by atoms with Crippen LogP contribution in [-0.4, -0.2) is 10.9 Å². The normalized spacial score (nSPS) is 12.1. The van der Waals surface area contributed by atoms with E-state index in [-0.39, 0.29) is 0 Å². The van der Waals surface area contributed by atoms with E-state index in [0.717, 1.165) is 0 Å². The van der Waals surface area contributed by atoms with Crippen LogP contribution in [0.1, 0.15) is 19.4 Å². The summed E-state index contributed by atoms with van der Waals surface area (Å²) in [6.07, 6.45) is 0. The Labute approximate surface area is 86.1 Å². The Balaban J connectivity index is 3.04. The van der Waals surface area contributed by atoms with Crippen molar-refractivity contribution in [3.63, 3.8) is 0 Å². The van der Waals surface area contributed by atoms with Gasteiger partial charge in [-0.05, 0) is 25.5 Å². The Hall–Kier alpha value is -0.610. The van der Waals surface area contributed by atoms with E-state index in [2.05, 4.69) is 0 Å². The third kappa shape index (κ3) is 2.96. The zero-order chi connectivity index (χ0) is 10.8. The molecule has 0 spiro atoms. The SMILES string of the molecule is CC(C)(O)c1ccccc1SC(F)F. The molecule has 0 saturated heterocycles. The molecule has 1 aromatic carbocycles. The van der Waals surface area contributed by atoms with Crippen molar-refractivity contribution in [1.82, 2.24) is 0 Å². The van der Waals surface area contributed by atoms with Gasteiger partial charge in [0.2, 0.25) is 0 Å². The van der Waals surface area contributed by atoms with Crippen LogP contribution in [0.15, 0.2) is 29.2 Å². The second-order valence-electron chi connectivity index (χ2n) is 3.43. The van der Waals surface area contributed by atoms with Crippen LogP contribution in [0.4, 0.5) is 8.78 Å². The molecule has 0 bridgehead atoms. The number of alkyl halides is 2. The van der Waals surface area contributed by atoms with Gasteiger partial charge >= 0.3 is 0 Å². The highest BCUT2D eigenvalue weighted by molar-refractivity contribution is 7.99. The molecule has 0 amide bonds. The van der Waals surface area contributed by atoms with Crippen molar-refractivity contribution >= 4 is 11.8 Å². The molecule has 0 atom stereocenters. The molecule has 78 valence electrons. The number of rotatable bonds is 3. The lowest BCUT2D eigenvalue weighted by molar-refractivity contribution is 0.0757. The number of thioether (sulfide) groups is 1. The zero-order valence-corrected chi connectivity index (χ0v) is 8.81. The summed E-state index contributed by atoms with van der Waals surface area (Å²) in [5.74, 6) is -2.46. The molecule has 0 aliphatic carbocycles. The van der Waals surface area contributed by atoms with Gasteiger partial charge in [0.15, 0.2) is 0 Å². The average molecular weight is 218 g/mol. The fourth-order valence-electron chi connectivity index (χ4n) is 1.17. The number of benzene rings is 1. The second-order valence-corrected chi connectivity index (χ2v) is 4.47. The van der Waals surface area contributed by atoms with Crippen molar-refractivity contribution in [2.45, 2.75) is 30.1 Å². The Bertz CT molecular complexity index is 307. The molecule has 0 aliphatic heterocycles. The Morgan fingerprint density at radius 2 is 1.86 bits per heavy atom. The summed E-state index contributed by atoms with van der Waals surface area (Å²) in [5.41, 5.74) is -0.552. The van der Waals surface area contributed by atoms with Crippen molar-refractivity contribution < 1.29 is 13.9 Å². The van der Waals surface area contributed by atoms with Crippen LogP contribution in [0.2, 0.25) is 0 Å². The summed E-state index contributed by atoms with van der Waals surface area (Å²) in [5, 5.41) is 9.72. The van der Waals surface area contributed by atoms with E-state index in [1.165, 1.54) is 0 Å². The number of hydrogen-bond acceptors (Lipinski definition) is 2. The van der Waals surface area contributed by atoms with Crippen LogP contribution >= 0.6 is 11.8 Å². The van der Waals surface area contributed by atoms with E-state index in [0.29, 0.717) is 22.2 Å². The van der Waals surface area contributed by atoms with Crippen LogP contribution in [0.5, 0.6) is 0 Å². The topological polar surface area (TPSA) is 20.2 Å². The lowest BCUT2D eigenvalue weighted by Crippen LogP contribution is -2.16. The minimum atomic E-state index is -2.46. The largest absolute Gasteiger partial charge is 0.386 e. The molecule has 0 radical (unpaired) electrons. The molecule has 1 N–H and O–H groups in total. The highest BCUT2D eigenvalue weighted by Crippen LogP contribution is 2.33. The van der Waals surface area contributed by atoms with Gasteiger partial charge < -0.3 is 5.11 Å². The highest BCUT2D eigenvalue weighted by Gasteiger charge is 2.21. The summed E-state index contributed by atoms with van der Waals surface area (Å²) < 4.78 is 24.3. The van der Waals surface area contributed by atoms with Crippen LogP contribution in [0.3, 0.4) is 0 Å². The predicted molar refractivity (Wildman–Crippen MR) is 53.5 cm³/mol. The second kappa shape index (κ2) is 4.28. The molecular formula is C10H12F2OS. The number of hydrogen-bond donors (Lipinski definition) is 1. The third-order valence-corrected chi connectivity index (χ3v) is 2.55. The Morgan fingerprint density at radius 1 is 1.29 bits per heavy atom. The van der Waals surface area contributed by atoms with Gasteiger partial charge in [-0.3, -0.25) is 0 Å². The molecule has 1 nitrogen and oxygen atoms in total. The molecule has 1 aromatic rings. The van der Waals surface area contributed by atoms with Crippen molar-refractivity contribution in [3.8, 4) is 0 Å². The van der Waals surface area contributed by atoms with Crippen molar-refractivity contribution in [2.24, 2.45) is 0 Å². The first kappa shape index (κ1) is 11.5. The lowest BCUT2D eigenvalue weighted by Gasteiger charge is -2.20. The maximum atomic E-state index is 12.2. The van der Waals surface area contributed by atoms with Crippen molar-refractivity contribution in [3.05, 3.63) is 29.8 Å². The maximum absolute atomic E-state index is 12.2. The standard InChI is InChI=1S/C10H12F2OS/c1-10(2,13)7-5-3-4-6-8(7)14-9(11)12/h3-6,9,13H,1-2H3. The summed E-state index contributed by atoms with van der Waals surface area (Å²) in [6.45, 7) is 3.16. The summed E-state index contributed by atoms with van der Waals surface area (Å²) >= 11 is 0.459. The van der Waals surface area contributed by atoms with Gasteiger partial charge in [0.05, 0.1) is 5.60 Å². The Morgan fingerprint density at radius 3 is 2.36 bits per heavy atom. The lowest BCUT2D eigenvalue weighted by atomic mass is 9.99. The van der Waals surface area contributed by atoms with E-state index >= 15 is 0 Å². The molecule has 0 aliphatic rings. The van der Waals surface area contributed by atoms with Crippen molar-refractivity contribution in [2.75, 3.05) is 0 Å². The van der Waals surface area contributed by atoms with Gasteiger partial charge in [-0.15, -0.1) is 0 Å². The minimum Gasteiger partial charge on any atom is -0.386 e. The van der Waals surface area contributed by atoms with E-state index in [4.69, 9.17) is 0 Å². The summed E-state index contributed by atoms with van der Waals surface area (Å²) in [6, 6.07) is 6.65. The van der Waals surface area contributed by atoms with E-state index in [1.807, 2.05) is 0 Å². The van der Waals surface area contributed by atoms with Gasteiger partial charge in [-0.2, -0.15) is 8.78 Å².